The van der Waals surface area contributed by atoms with Crippen molar-refractivity contribution in [3.63, 3.8) is 0 Å². The summed E-state index contributed by atoms with van der Waals surface area (Å²) < 4.78 is 44.8. The highest BCUT2D eigenvalue weighted by atomic mass is 32.2. The van der Waals surface area contributed by atoms with Crippen molar-refractivity contribution in [2.45, 2.75) is 75.4 Å². The fourth-order valence-electron chi connectivity index (χ4n) is 6.23. The largest absolute Gasteiger partial charge is 0.468 e. The van der Waals surface area contributed by atoms with E-state index in [4.69, 9.17) is 19.9 Å². The first-order valence-electron chi connectivity index (χ1n) is 17.4. The number of methoxy groups -OCH3 is 3. The second-order valence-corrected chi connectivity index (χ2v) is 15.3. The first-order valence-corrected chi connectivity index (χ1v) is 18.8. The number of nitrogens with zero attached hydrogens (tertiary/aromatic N) is 1. The van der Waals surface area contributed by atoms with Crippen molar-refractivity contribution in [3.05, 3.63) is 96.1 Å². The van der Waals surface area contributed by atoms with Gasteiger partial charge in [-0.15, -0.1) is 0 Å². The summed E-state index contributed by atoms with van der Waals surface area (Å²) in [7, 11) is -0.730. The summed E-state index contributed by atoms with van der Waals surface area (Å²) in [4.78, 5) is 53.8. The number of benzene rings is 3. The lowest BCUT2D eigenvalue weighted by Gasteiger charge is -2.42. The number of esters is 2. The van der Waals surface area contributed by atoms with Gasteiger partial charge in [0.2, 0.25) is 15.9 Å². The van der Waals surface area contributed by atoms with E-state index in [2.05, 4.69) is 10.6 Å². The minimum absolute atomic E-state index is 0.00127. The molecule has 0 aliphatic heterocycles. The molecule has 3 aromatic rings. The number of sulfonamides is 1. The van der Waals surface area contributed by atoms with Crippen LogP contribution in [0.15, 0.2) is 89.8 Å². The molecule has 0 heterocycles. The van der Waals surface area contributed by atoms with Crippen LogP contribution in [0.1, 0.15) is 64.0 Å². The molecule has 0 aliphatic rings. The summed E-state index contributed by atoms with van der Waals surface area (Å²) in [5.41, 5.74) is 5.91. The van der Waals surface area contributed by atoms with Gasteiger partial charge in [0.15, 0.2) is 0 Å². The Kier molecular flexibility index (Phi) is 15.4. The van der Waals surface area contributed by atoms with Gasteiger partial charge in [-0.2, -0.15) is 4.31 Å². The second-order valence-electron chi connectivity index (χ2n) is 13.4. The predicted octanol–water partition coefficient (Wildman–Crippen LogP) is 4.87. The molecule has 0 radical (unpaired) electrons. The first kappa shape index (κ1) is 42.5. The van der Waals surface area contributed by atoms with Crippen LogP contribution >= 0.6 is 0 Å². The van der Waals surface area contributed by atoms with Gasteiger partial charge in [0.1, 0.15) is 17.6 Å². The summed E-state index contributed by atoms with van der Waals surface area (Å²) in [6.07, 6.45) is -0.412. The van der Waals surface area contributed by atoms with Gasteiger partial charge in [0.25, 0.3) is 0 Å². The lowest BCUT2D eigenvalue weighted by molar-refractivity contribution is -0.154. The molecule has 53 heavy (non-hydrogen) atoms. The van der Waals surface area contributed by atoms with Crippen LogP contribution in [0, 0.1) is 11.8 Å². The third kappa shape index (κ3) is 10.6. The van der Waals surface area contributed by atoms with Gasteiger partial charge in [0, 0.05) is 18.2 Å². The Hall–Kier alpha value is -4.95. The average Bonchev–Trinajstić information content (AvgIpc) is 3.15. The highest BCUT2D eigenvalue weighted by molar-refractivity contribution is 7.89. The molecule has 0 fully saturated rings. The molecule has 14 heteroatoms. The molecule has 0 spiro atoms. The van der Waals surface area contributed by atoms with Gasteiger partial charge in [-0.1, -0.05) is 81.4 Å². The van der Waals surface area contributed by atoms with E-state index in [1.165, 1.54) is 52.5 Å². The second kappa shape index (κ2) is 19.2. The number of alkyl carbamates (subject to hydrolysis) is 1. The van der Waals surface area contributed by atoms with Crippen molar-refractivity contribution in [2.75, 3.05) is 33.6 Å². The molecule has 0 saturated carbocycles. The predicted molar refractivity (Wildman–Crippen MR) is 201 cm³/mol. The van der Waals surface area contributed by atoms with Crippen LogP contribution in [0.3, 0.4) is 0 Å². The lowest BCUT2D eigenvalue weighted by atomic mass is 9.82. The van der Waals surface area contributed by atoms with Crippen LogP contribution in [-0.2, 0) is 38.6 Å². The molecular weight excluding hydrogens is 701 g/mol. The summed E-state index contributed by atoms with van der Waals surface area (Å²) in [6.45, 7) is 7.08. The van der Waals surface area contributed by atoms with Gasteiger partial charge in [-0.05, 0) is 73.4 Å². The topological polar surface area (TPSA) is 183 Å². The molecule has 0 aromatic heterocycles. The maximum atomic E-state index is 14.3. The van der Waals surface area contributed by atoms with Crippen molar-refractivity contribution in [2.24, 2.45) is 11.8 Å². The number of nitrogen functional groups attached to an aromatic ring is 1. The molecule has 2 amide bonds. The van der Waals surface area contributed by atoms with E-state index < -0.39 is 63.4 Å². The summed E-state index contributed by atoms with van der Waals surface area (Å²) in [6, 6.07) is 21.4. The number of hydrogen-bond acceptors (Lipinski definition) is 10. The van der Waals surface area contributed by atoms with Crippen molar-refractivity contribution in [1.29, 1.82) is 0 Å². The third-order valence-corrected chi connectivity index (χ3v) is 11.5. The summed E-state index contributed by atoms with van der Waals surface area (Å²) >= 11 is 0. The normalized spacial score (nSPS) is 14.5. The minimum atomic E-state index is -4.27. The molecule has 13 nitrogen and oxygen atoms in total. The Morgan fingerprint density at radius 3 is 1.77 bits per heavy atom. The van der Waals surface area contributed by atoms with Crippen LogP contribution in [0.2, 0.25) is 0 Å². The summed E-state index contributed by atoms with van der Waals surface area (Å²) in [5.74, 6) is -3.61. The zero-order chi connectivity index (χ0) is 39.3. The van der Waals surface area contributed by atoms with E-state index in [-0.39, 0.29) is 30.2 Å². The summed E-state index contributed by atoms with van der Waals surface area (Å²) in [5, 5.41) is 5.40. The highest BCUT2D eigenvalue weighted by Crippen LogP contribution is 2.36. The monoisotopic (exact) mass is 752 g/mol. The molecule has 0 saturated heterocycles. The highest BCUT2D eigenvalue weighted by Gasteiger charge is 2.51. The van der Waals surface area contributed by atoms with Gasteiger partial charge < -0.3 is 30.6 Å². The average molecular weight is 753 g/mol. The van der Waals surface area contributed by atoms with Gasteiger partial charge in [-0.3, -0.25) is 9.59 Å². The van der Waals surface area contributed by atoms with Crippen molar-refractivity contribution >= 4 is 39.6 Å². The van der Waals surface area contributed by atoms with Gasteiger partial charge >= 0.3 is 18.0 Å². The molecular formula is C39H52N4O9S. The van der Waals surface area contributed by atoms with E-state index in [1.807, 2.05) is 74.5 Å². The van der Waals surface area contributed by atoms with Crippen LogP contribution in [0.4, 0.5) is 10.5 Å². The zero-order valence-electron chi connectivity index (χ0n) is 31.4. The number of ether oxygens (including phenoxy) is 3. The van der Waals surface area contributed by atoms with Gasteiger partial charge in [0.05, 0.1) is 26.2 Å². The van der Waals surface area contributed by atoms with E-state index in [9.17, 15) is 27.6 Å². The lowest BCUT2D eigenvalue weighted by Crippen LogP contribution is -2.60. The third-order valence-electron chi connectivity index (χ3n) is 9.54. The fraction of sp³-hybridized carbons (Fsp3) is 0.436. The molecule has 3 unspecified atom stereocenters. The Morgan fingerprint density at radius 2 is 1.30 bits per heavy atom. The number of rotatable bonds is 18. The van der Waals surface area contributed by atoms with Crippen molar-refractivity contribution in [1.82, 2.24) is 14.9 Å². The number of carbonyl (C=O) groups is 4. The van der Waals surface area contributed by atoms with E-state index in [1.54, 1.807) is 6.92 Å². The Labute approximate surface area is 312 Å². The van der Waals surface area contributed by atoms with Crippen molar-refractivity contribution in [3.8, 4) is 0 Å². The SMILES string of the molecule is COC(=O)N[C@H](C(=O)NC(CCC(C)C(C)(C(=O)OC)N(CCC(C)C)S(=O)(=O)c1ccc(N)cc1)C(=O)OC)C(c1ccccc1)c1ccccc1. The molecule has 3 rings (SSSR count). The van der Waals surface area contributed by atoms with Crippen LogP contribution in [0.5, 0.6) is 0 Å². The Balaban J connectivity index is 2.01. The first-order chi connectivity index (χ1) is 25.1. The van der Waals surface area contributed by atoms with Crippen LogP contribution in [0.25, 0.3) is 0 Å². The molecule has 3 aromatic carbocycles. The minimum Gasteiger partial charge on any atom is -0.468 e. The van der Waals surface area contributed by atoms with Crippen LogP contribution < -0.4 is 16.4 Å². The fourth-order valence-corrected chi connectivity index (χ4v) is 8.07. The van der Waals surface area contributed by atoms with Crippen molar-refractivity contribution < 1.29 is 41.8 Å². The zero-order valence-corrected chi connectivity index (χ0v) is 32.2. The molecule has 0 aliphatic carbocycles. The van der Waals surface area contributed by atoms with E-state index in [0.717, 1.165) is 15.4 Å². The quantitative estimate of drug-likeness (QED) is 0.0921. The van der Waals surface area contributed by atoms with Crippen LogP contribution in [-0.4, -0.2) is 82.2 Å². The number of nitrogens with one attached hydrogen (secondary N) is 2. The molecule has 4 N–H and O–H groups in total. The number of carbonyl (C=O) groups excluding carboxylic acids is 4. The van der Waals surface area contributed by atoms with E-state index in [0.29, 0.717) is 12.1 Å². The standard InChI is InChI=1S/C39H52N4O9S/c1-26(2)24-25-43(53(48,49)31-21-19-30(40)20-22-31)39(4,37(46)51-6)27(3)18-23-32(36(45)50-5)41-35(44)34(42-38(47)52-7)33(28-14-10-8-11-15-28)29-16-12-9-13-17-29/h8-17,19-22,26-27,32-34H,18,23-25,40H2,1-7H3,(H,41,44)(H,42,47)/t27?,32?,34-,39?/m0/s1. The molecule has 288 valence electrons. The number of anilines is 1. The number of nitrogens with two attached hydrogens (primary N) is 1. The van der Waals surface area contributed by atoms with Gasteiger partial charge in [-0.25, -0.2) is 18.0 Å². The molecule has 0 bridgehead atoms. The molecule has 4 atom stereocenters. The number of amides is 2. The Morgan fingerprint density at radius 1 is 0.755 bits per heavy atom. The van der Waals surface area contributed by atoms with E-state index >= 15 is 0 Å². The maximum Gasteiger partial charge on any atom is 0.407 e. The maximum absolute atomic E-state index is 14.3. The number of hydrogen-bond donors (Lipinski definition) is 3. The smallest absolute Gasteiger partial charge is 0.407 e. The Bertz CT molecular complexity index is 1730.